The number of carbonyl (C=O) groups is 1. The number of aromatic hydroxyl groups is 1. The van der Waals surface area contributed by atoms with Crippen LogP contribution in [0, 0.1) is 0 Å². The van der Waals surface area contributed by atoms with Gasteiger partial charge in [0.2, 0.25) is 5.91 Å². The van der Waals surface area contributed by atoms with E-state index >= 15 is 0 Å². The second kappa shape index (κ2) is 5.10. The number of fused-ring (bicyclic) bond motifs is 1. The Hall–Kier alpha value is -1.68. The van der Waals surface area contributed by atoms with E-state index in [0.717, 1.165) is 15.7 Å². The van der Waals surface area contributed by atoms with Crippen molar-refractivity contribution < 1.29 is 9.90 Å². The quantitative estimate of drug-likeness (QED) is 0.819. The van der Waals surface area contributed by atoms with Crippen molar-refractivity contribution in [1.82, 2.24) is 5.32 Å². The Bertz CT molecular complexity index is 554. The highest BCUT2D eigenvalue weighted by molar-refractivity contribution is 8.00. The monoisotopic (exact) mass is 247 g/mol. The minimum atomic E-state index is -0.00726. The topological polar surface area (TPSA) is 49.3 Å². The number of nitrogens with one attached hydrogen (secondary N) is 1. The summed E-state index contributed by atoms with van der Waals surface area (Å²) in [5, 5.41) is 14.1. The number of benzene rings is 2. The fourth-order valence-electron chi connectivity index (χ4n) is 1.60. The molecule has 1 amide bonds. The van der Waals surface area contributed by atoms with Crippen LogP contribution in [0.3, 0.4) is 0 Å². The van der Waals surface area contributed by atoms with Crippen LogP contribution in [0.25, 0.3) is 10.8 Å². The SMILES string of the molecule is CNC(=O)CSc1ccc(O)c2ccccc12. The van der Waals surface area contributed by atoms with E-state index in [2.05, 4.69) is 5.32 Å². The molecular weight excluding hydrogens is 234 g/mol. The third kappa shape index (κ3) is 2.53. The van der Waals surface area contributed by atoms with Crippen molar-refractivity contribution >= 4 is 28.4 Å². The number of hydrogen-bond donors (Lipinski definition) is 2. The Balaban J connectivity index is 2.35. The summed E-state index contributed by atoms with van der Waals surface area (Å²) in [4.78, 5) is 12.2. The molecule has 0 heterocycles. The summed E-state index contributed by atoms with van der Waals surface area (Å²) in [5.41, 5.74) is 0. The maximum Gasteiger partial charge on any atom is 0.230 e. The van der Waals surface area contributed by atoms with Crippen molar-refractivity contribution in [3.05, 3.63) is 36.4 Å². The summed E-state index contributed by atoms with van der Waals surface area (Å²) in [7, 11) is 1.62. The van der Waals surface area contributed by atoms with Gasteiger partial charge in [0.25, 0.3) is 0 Å². The molecule has 0 aliphatic carbocycles. The number of phenols is 1. The number of carbonyl (C=O) groups excluding carboxylic acids is 1. The van der Waals surface area contributed by atoms with E-state index in [-0.39, 0.29) is 11.7 Å². The molecule has 0 radical (unpaired) electrons. The maximum absolute atomic E-state index is 11.2. The molecule has 2 aromatic carbocycles. The second-order valence-electron chi connectivity index (χ2n) is 3.59. The van der Waals surface area contributed by atoms with Gasteiger partial charge in [-0.05, 0) is 17.5 Å². The first-order chi connectivity index (χ1) is 8.22. The second-order valence-corrected chi connectivity index (χ2v) is 4.61. The van der Waals surface area contributed by atoms with Crippen molar-refractivity contribution in [2.75, 3.05) is 12.8 Å². The lowest BCUT2D eigenvalue weighted by atomic mass is 10.1. The molecule has 0 bridgehead atoms. The van der Waals surface area contributed by atoms with E-state index in [1.807, 2.05) is 30.3 Å². The van der Waals surface area contributed by atoms with Crippen LogP contribution in [0.4, 0.5) is 0 Å². The molecule has 0 atom stereocenters. The highest BCUT2D eigenvalue weighted by atomic mass is 32.2. The van der Waals surface area contributed by atoms with Gasteiger partial charge in [0, 0.05) is 17.3 Å². The molecule has 2 rings (SSSR count). The molecule has 0 saturated carbocycles. The van der Waals surface area contributed by atoms with E-state index in [4.69, 9.17) is 0 Å². The van der Waals surface area contributed by atoms with Gasteiger partial charge in [0.05, 0.1) is 5.75 Å². The van der Waals surface area contributed by atoms with Crippen LogP contribution in [0.15, 0.2) is 41.3 Å². The maximum atomic E-state index is 11.2. The van der Waals surface area contributed by atoms with Gasteiger partial charge < -0.3 is 10.4 Å². The van der Waals surface area contributed by atoms with E-state index in [9.17, 15) is 9.90 Å². The minimum Gasteiger partial charge on any atom is -0.507 e. The molecule has 88 valence electrons. The number of hydrogen-bond acceptors (Lipinski definition) is 3. The largest absolute Gasteiger partial charge is 0.507 e. The van der Waals surface area contributed by atoms with Gasteiger partial charge in [0.15, 0.2) is 0 Å². The van der Waals surface area contributed by atoms with Crippen LogP contribution in [0.1, 0.15) is 0 Å². The first kappa shape index (κ1) is 11.8. The van der Waals surface area contributed by atoms with Crippen molar-refractivity contribution in [3.8, 4) is 5.75 Å². The van der Waals surface area contributed by atoms with Gasteiger partial charge in [0.1, 0.15) is 5.75 Å². The zero-order valence-electron chi connectivity index (χ0n) is 9.43. The van der Waals surface area contributed by atoms with Gasteiger partial charge in [-0.25, -0.2) is 0 Å². The molecule has 0 aromatic heterocycles. The lowest BCUT2D eigenvalue weighted by Gasteiger charge is -2.07. The number of thioether (sulfide) groups is 1. The Morgan fingerprint density at radius 1 is 1.24 bits per heavy atom. The molecule has 4 heteroatoms. The minimum absolute atomic E-state index is 0.00726. The van der Waals surface area contributed by atoms with Crippen LogP contribution in [-0.2, 0) is 4.79 Å². The third-order valence-corrected chi connectivity index (χ3v) is 3.57. The van der Waals surface area contributed by atoms with E-state index in [1.165, 1.54) is 11.8 Å². The van der Waals surface area contributed by atoms with Gasteiger partial charge >= 0.3 is 0 Å². The van der Waals surface area contributed by atoms with Gasteiger partial charge in [-0.1, -0.05) is 24.3 Å². The lowest BCUT2D eigenvalue weighted by Crippen LogP contribution is -2.19. The molecule has 0 aliphatic heterocycles. The van der Waals surface area contributed by atoms with Crippen LogP contribution in [0.2, 0.25) is 0 Å². The van der Waals surface area contributed by atoms with Crippen molar-refractivity contribution in [2.45, 2.75) is 4.90 Å². The van der Waals surface area contributed by atoms with Crippen molar-refractivity contribution in [1.29, 1.82) is 0 Å². The van der Waals surface area contributed by atoms with Crippen molar-refractivity contribution in [3.63, 3.8) is 0 Å². The fourth-order valence-corrected chi connectivity index (χ4v) is 2.53. The van der Waals surface area contributed by atoms with Crippen LogP contribution >= 0.6 is 11.8 Å². The molecule has 0 aliphatic rings. The highest BCUT2D eigenvalue weighted by Crippen LogP contribution is 2.32. The van der Waals surface area contributed by atoms with Crippen LogP contribution < -0.4 is 5.32 Å². The molecule has 3 nitrogen and oxygen atoms in total. The van der Waals surface area contributed by atoms with Crippen LogP contribution in [0.5, 0.6) is 5.75 Å². The Morgan fingerprint density at radius 2 is 1.94 bits per heavy atom. The zero-order chi connectivity index (χ0) is 12.3. The lowest BCUT2D eigenvalue weighted by molar-refractivity contribution is -0.118. The van der Waals surface area contributed by atoms with Gasteiger partial charge in [-0.2, -0.15) is 0 Å². The summed E-state index contributed by atoms with van der Waals surface area (Å²) in [6, 6.07) is 11.1. The van der Waals surface area contributed by atoms with Crippen LogP contribution in [-0.4, -0.2) is 23.8 Å². The predicted molar refractivity (Wildman–Crippen MR) is 70.4 cm³/mol. The molecule has 0 unspecified atom stereocenters. The zero-order valence-corrected chi connectivity index (χ0v) is 10.3. The Morgan fingerprint density at radius 3 is 2.65 bits per heavy atom. The average Bonchev–Trinajstić information content (AvgIpc) is 2.38. The van der Waals surface area contributed by atoms with E-state index in [0.29, 0.717) is 5.75 Å². The fraction of sp³-hybridized carbons (Fsp3) is 0.154. The Labute approximate surface area is 104 Å². The van der Waals surface area contributed by atoms with Crippen molar-refractivity contribution in [2.24, 2.45) is 0 Å². The number of rotatable bonds is 3. The number of amides is 1. The average molecular weight is 247 g/mol. The van der Waals surface area contributed by atoms with E-state index < -0.39 is 0 Å². The first-order valence-electron chi connectivity index (χ1n) is 5.26. The first-order valence-corrected chi connectivity index (χ1v) is 6.25. The summed E-state index contributed by atoms with van der Waals surface area (Å²) >= 11 is 1.47. The molecule has 2 aromatic rings. The molecule has 0 spiro atoms. The predicted octanol–water partition coefficient (Wildman–Crippen LogP) is 2.38. The Kier molecular flexibility index (Phi) is 3.54. The normalized spacial score (nSPS) is 10.4. The summed E-state index contributed by atoms with van der Waals surface area (Å²) in [6.45, 7) is 0. The summed E-state index contributed by atoms with van der Waals surface area (Å²) < 4.78 is 0. The van der Waals surface area contributed by atoms with Gasteiger partial charge in [-0.3, -0.25) is 4.79 Å². The molecule has 17 heavy (non-hydrogen) atoms. The molecule has 0 saturated heterocycles. The smallest absolute Gasteiger partial charge is 0.230 e. The molecular formula is C13H13NO2S. The van der Waals surface area contributed by atoms with E-state index in [1.54, 1.807) is 13.1 Å². The number of phenolic OH excluding ortho intramolecular Hbond substituents is 1. The summed E-state index contributed by atoms with van der Waals surface area (Å²) in [6.07, 6.45) is 0. The standard InChI is InChI=1S/C13H13NO2S/c1-14-13(16)8-17-12-7-6-11(15)9-4-2-3-5-10(9)12/h2-7,15H,8H2,1H3,(H,14,16). The van der Waals surface area contributed by atoms with Gasteiger partial charge in [-0.15, -0.1) is 11.8 Å². The summed E-state index contributed by atoms with van der Waals surface area (Å²) in [5.74, 6) is 0.641. The molecule has 2 N–H and O–H groups in total. The molecule has 0 fully saturated rings. The third-order valence-electron chi connectivity index (χ3n) is 2.50. The highest BCUT2D eigenvalue weighted by Gasteiger charge is 2.06.